The van der Waals surface area contributed by atoms with Gasteiger partial charge in [0.05, 0.1) is 7.11 Å². The van der Waals surface area contributed by atoms with Gasteiger partial charge in [-0.1, -0.05) is 6.58 Å². The summed E-state index contributed by atoms with van der Waals surface area (Å²) in [6.07, 6.45) is 0.845. The number of aliphatic carboxylic acids is 1. The molecule has 0 spiro atoms. The zero-order valence-electron chi connectivity index (χ0n) is 7.00. The third-order valence-electron chi connectivity index (χ3n) is 1.34. The van der Waals surface area contributed by atoms with Gasteiger partial charge in [0.2, 0.25) is 0 Å². The number of methoxy groups -OCH3 is 1. The van der Waals surface area contributed by atoms with Crippen molar-refractivity contribution in [1.82, 2.24) is 0 Å². The van der Waals surface area contributed by atoms with Gasteiger partial charge in [0.1, 0.15) is 0 Å². The molecule has 0 unspecified atom stereocenters. The summed E-state index contributed by atoms with van der Waals surface area (Å²) in [5.74, 6) is -1.34. The first-order chi connectivity index (χ1) is 5.57. The van der Waals surface area contributed by atoms with Crippen molar-refractivity contribution < 1.29 is 19.4 Å². The topological polar surface area (TPSA) is 63.6 Å². The highest BCUT2D eigenvalue weighted by molar-refractivity contribution is 5.87. The van der Waals surface area contributed by atoms with Crippen LogP contribution in [0.2, 0.25) is 0 Å². The van der Waals surface area contributed by atoms with Crippen LogP contribution in [0.25, 0.3) is 0 Å². The van der Waals surface area contributed by atoms with Gasteiger partial charge in [-0.2, -0.15) is 0 Å². The van der Waals surface area contributed by atoms with Crippen molar-refractivity contribution in [1.29, 1.82) is 0 Å². The van der Waals surface area contributed by atoms with Crippen molar-refractivity contribution in [2.45, 2.75) is 19.3 Å². The van der Waals surface area contributed by atoms with E-state index in [2.05, 4.69) is 11.3 Å². The van der Waals surface area contributed by atoms with Gasteiger partial charge in [-0.25, -0.2) is 4.79 Å². The van der Waals surface area contributed by atoms with Gasteiger partial charge in [-0.05, 0) is 12.8 Å². The molecule has 0 aliphatic carbocycles. The van der Waals surface area contributed by atoms with Crippen LogP contribution in [-0.4, -0.2) is 24.2 Å². The average Bonchev–Trinajstić information content (AvgIpc) is 2.02. The lowest BCUT2D eigenvalue weighted by Gasteiger charge is -2.00. The van der Waals surface area contributed by atoms with Gasteiger partial charge in [-0.15, -0.1) is 0 Å². The maximum atomic E-state index is 10.7. The Morgan fingerprint density at radius 3 is 2.42 bits per heavy atom. The molecule has 0 aromatic heterocycles. The molecule has 0 heterocycles. The normalized spacial score (nSPS) is 9.08. The van der Waals surface area contributed by atoms with Crippen LogP contribution < -0.4 is 0 Å². The quantitative estimate of drug-likeness (QED) is 0.495. The number of carbonyl (C=O) groups is 2. The number of esters is 1. The molecular weight excluding hydrogens is 160 g/mol. The van der Waals surface area contributed by atoms with Crippen LogP contribution in [0.1, 0.15) is 19.3 Å². The van der Waals surface area contributed by atoms with Crippen molar-refractivity contribution in [3.05, 3.63) is 12.2 Å². The van der Waals surface area contributed by atoms with Gasteiger partial charge in [0.15, 0.2) is 0 Å². The molecule has 4 heteroatoms. The van der Waals surface area contributed by atoms with Crippen LogP contribution in [0.15, 0.2) is 12.2 Å². The van der Waals surface area contributed by atoms with E-state index in [0.29, 0.717) is 18.4 Å². The van der Waals surface area contributed by atoms with Crippen molar-refractivity contribution in [3.8, 4) is 0 Å². The van der Waals surface area contributed by atoms with Crippen molar-refractivity contribution >= 4 is 11.9 Å². The minimum atomic E-state index is -0.868. The lowest BCUT2D eigenvalue weighted by molar-refractivity contribution is -0.138. The summed E-state index contributed by atoms with van der Waals surface area (Å²) < 4.78 is 4.38. The lowest BCUT2D eigenvalue weighted by Crippen LogP contribution is -2.04. The molecule has 0 bridgehead atoms. The maximum absolute atomic E-state index is 10.7. The molecule has 0 aromatic rings. The highest BCUT2D eigenvalue weighted by Gasteiger charge is 2.06. The molecule has 0 saturated heterocycles. The zero-order valence-corrected chi connectivity index (χ0v) is 7.00. The molecule has 68 valence electrons. The molecule has 0 atom stereocenters. The maximum Gasteiger partial charge on any atom is 0.333 e. The Morgan fingerprint density at radius 1 is 1.42 bits per heavy atom. The highest BCUT2D eigenvalue weighted by atomic mass is 16.5. The van der Waals surface area contributed by atoms with E-state index in [9.17, 15) is 9.59 Å². The third kappa shape index (κ3) is 4.49. The summed E-state index contributed by atoms with van der Waals surface area (Å²) in [6, 6.07) is 0. The second kappa shape index (κ2) is 5.35. The SMILES string of the molecule is C=C(CCCC(=O)O)C(=O)OC. The number of carboxylic acids is 1. The number of hydrogen-bond acceptors (Lipinski definition) is 3. The molecule has 0 fully saturated rings. The monoisotopic (exact) mass is 172 g/mol. The summed E-state index contributed by atoms with van der Waals surface area (Å²) in [5, 5.41) is 8.28. The molecule has 0 radical (unpaired) electrons. The Kier molecular flexibility index (Phi) is 4.76. The summed E-state index contributed by atoms with van der Waals surface area (Å²) in [5.41, 5.74) is 0.318. The van der Waals surface area contributed by atoms with Crippen molar-refractivity contribution in [3.63, 3.8) is 0 Å². The van der Waals surface area contributed by atoms with E-state index in [1.807, 2.05) is 0 Å². The fourth-order valence-electron chi connectivity index (χ4n) is 0.699. The minimum absolute atomic E-state index is 0.0516. The van der Waals surface area contributed by atoms with E-state index in [4.69, 9.17) is 5.11 Å². The molecule has 1 N–H and O–H groups in total. The second-order valence-corrected chi connectivity index (χ2v) is 2.34. The van der Waals surface area contributed by atoms with Crippen LogP contribution in [0.5, 0.6) is 0 Å². The Labute approximate surface area is 70.8 Å². The number of ether oxygens (including phenoxy) is 1. The van der Waals surface area contributed by atoms with Gasteiger partial charge in [-0.3, -0.25) is 4.79 Å². The molecular formula is C8H12O4. The molecule has 0 saturated carbocycles. The van der Waals surface area contributed by atoms with Crippen LogP contribution in [0, 0.1) is 0 Å². The minimum Gasteiger partial charge on any atom is -0.481 e. The largest absolute Gasteiger partial charge is 0.481 e. The van der Waals surface area contributed by atoms with E-state index in [0.717, 1.165) is 0 Å². The number of carbonyl (C=O) groups excluding carboxylic acids is 1. The van der Waals surface area contributed by atoms with Crippen LogP contribution >= 0.6 is 0 Å². The van der Waals surface area contributed by atoms with Gasteiger partial charge < -0.3 is 9.84 Å². The molecule has 4 nitrogen and oxygen atoms in total. The van der Waals surface area contributed by atoms with Crippen LogP contribution in [0.3, 0.4) is 0 Å². The average molecular weight is 172 g/mol. The van der Waals surface area contributed by atoms with E-state index in [-0.39, 0.29) is 6.42 Å². The van der Waals surface area contributed by atoms with Crippen LogP contribution in [0.4, 0.5) is 0 Å². The smallest absolute Gasteiger partial charge is 0.333 e. The standard InChI is InChI=1S/C8H12O4/c1-6(8(11)12-2)4-3-5-7(9)10/h1,3-5H2,2H3,(H,9,10). The first kappa shape index (κ1) is 10.7. The predicted molar refractivity (Wildman–Crippen MR) is 42.6 cm³/mol. The van der Waals surface area contributed by atoms with Crippen LogP contribution in [-0.2, 0) is 14.3 Å². The molecule has 12 heavy (non-hydrogen) atoms. The van der Waals surface area contributed by atoms with E-state index < -0.39 is 11.9 Å². The fraction of sp³-hybridized carbons (Fsp3) is 0.500. The first-order valence-electron chi connectivity index (χ1n) is 3.55. The molecule has 0 aliphatic rings. The first-order valence-corrected chi connectivity index (χ1v) is 3.55. The van der Waals surface area contributed by atoms with Crippen molar-refractivity contribution in [2.75, 3.05) is 7.11 Å². The van der Waals surface area contributed by atoms with E-state index >= 15 is 0 Å². The number of carboxylic acid groups (broad SMARTS) is 1. The van der Waals surface area contributed by atoms with Gasteiger partial charge in [0.25, 0.3) is 0 Å². The zero-order chi connectivity index (χ0) is 9.56. The Balaban J connectivity index is 3.58. The third-order valence-corrected chi connectivity index (χ3v) is 1.34. The molecule has 0 aliphatic heterocycles. The van der Waals surface area contributed by atoms with E-state index in [1.54, 1.807) is 0 Å². The Hall–Kier alpha value is -1.32. The highest BCUT2D eigenvalue weighted by Crippen LogP contribution is 2.06. The molecule has 0 amide bonds. The Morgan fingerprint density at radius 2 is 2.00 bits per heavy atom. The second-order valence-electron chi connectivity index (χ2n) is 2.34. The number of rotatable bonds is 5. The fourth-order valence-corrected chi connectivity index (χ4v) is 0.699. The van der Waals surface area contributed by atoms with Gasteiger partial charge >= 0.3 is 11.9 Å². The predicted octanol–water partition coefficient (Wildman–Crippen LogP) is 0.970. The molecule has 0 aromatic carbocycles. The van der Waals surface area contributed by atoms with E-state index in [1.165, 1.54) is 7.11 Å². The summed E-state index contributed by atoms with van der Waals surface area (Å²) in [7, 11) is 1.27. The Bertz CT molecular complexity index is 195. The van der Waals surface area contributed by atoms with Crippen molar-refractivity contribution in [2.24, 2.45) is 0 Å². The lowest BCUT2D eigenvalue weighted by atomic mass is 10.1. The summed E-state index contributed by atoms with van der Waals surface area (Å²) in [4.78, 5) is 20.8. The number of hydrogen-bond donors (Lipinski definition) is 1. The van der Waals surface area contributed by atoms with Gasteiger partial charge in [0, 0.05) is 12.0 Å². The molecule has 0 rings (SSSR count). The summed E-state index contributed by atoms with van der Waals surface area (Å²) >= 11 is 0. The summed E-state index contributed by atoms with van der Waals surface area (Å²) in [6.45, 7) is 3.45.